The van der Waals surface area contributed by atoms with Gasteiger partial charge in [0.1, 0.15) is 0 Å². The van der Waals surface area contributed by atoms with Gasteiger partial charge >= 0.3 is 17.1 Å². The van der Waals surface area contributed by atoms with E-state index in [1.807, 2.05) is 0 Å². The quantitative estimate of drug-likeness (QED) is 0.218. The molecule has 11 heteroatoms. The summed E-state index contributed by atoms with van der Waals surface area (Å²) in [5.74, 6) is -3.08. The topological polar surface area (TPSA) is 187 Å². The summed E-state index contributed by atoms with van der Waals surface area (Å²) in [6.45, 7) is 1.94. The van der Waals surface area contributed by atoms with Crippen LogP contribution in [0.25, 0.3) is 33.9 Å². The molecule has 0 aliphatic heterocycles. The number of hydrogen-bond donors (Lipinski definition) is 4. The van der Waals surface area contributed by atoms with Crippen molar-refractivity contribution in [2.45, 2.75) is 13.8 Å². The first-order chi connectivity index (χ1) is 17.0. The number of aliphatic carboxylic acids is 2. The molecular weight excluding hydrogens is 523 g/mol. The molecule has 4 rings (SSSR count). The monoisotopic (exact) mass is 545 g/mol. The molecule has 4 N–H and O–H groups in total. The van der Waals surface area contributed by atoms with Crippen LogP contribution in [0.5, 0.6) is 23.0 Å². The Hall–Kier alpha value is -4.60. The fraction of sp³-hybridized carbons (Fsp3) is 0.0769. The molecule has 10 nitrogen and oxygen atoms in total. The van der Waals surface area contributed by atoms with Gasteiger partial charge in [-0.3, -0.25) is 0 Å². The van der Waals surface area contributed by atoms with Gasteiger partial charge in [-0.1, -0.05) is 24.3 Å². The maximum Gasteiger partial charge on any atom is 2.00 e. The van der Waals surface area contributed by atoms with Crippen LogP contribution in [0.4, 0.5) is 0 Å². The van der Waals surface area contributed by atoms with E-state index in [9.17, 15) is 20.4 Å². The standard InChI is InChI=1S/C22H16N2O4.2C2H4O2.Mn/c25-19-11-1-5-13(21(19)27)15-7-3-9-17(23-15)18-10-4-8-16(24-18)14-6-2-12-20(26)22(14)28;2*1-2(3)4;/h1-12,25-28H;2*1H3,(H,3,4);/q;;;+2/p-2. The normalized spacial score (nSPS) is 9.46. The molecule has 0 atom stereocenters. The Kier molecular flexibility index (Phi) is 11.6. The number of rotatable bonds is 3. The number of benzene rings is 2. The number of carboxylic acids is 2. The molecule has 1 radical (unpaired) electrons. The Bertz CT molecular complexity index is 1270. The van der Waals surface area contributed by atoms with E-state index in [1.165, 1.54) is 12.1 Å². The molecule has 191 valence electrons. The summed E-state index contributed by atoms with van der Waals surface area (Å²) in [7, 11) is 0. The van der Waals surface area contributed by atoms with Gasteiger partial charge in [0.05, 0.1) is 22.8 Å². The SMILES string of the molecule is CC(=O)[O-].CC(=O)[O-].Oc1cccc(-c2cccc(-c3cccc(-c4cccc(O)c4O)n3)n2)c1O.[Mn+2]. The third-order valence-electron chi connectivity index (χ3n) is 4.34. The van der Waals surface area contributed by atoms with Crippen LogP contribution in [0.3, 0.4) is 0 Å². The second-order valence-corrected chi connectivity index (χ2v) is 7.15. The maximum absolute atomic E-state index is 10.1. The van der Waals surface area contributed by atoms with E-state index in [1.54, 1.807) is 60.7 Å². The van der Waals surface area contributed by atoms with Gasteiger partial charge in [-0.25, -0.2) is 9.97 Å². The van der Waals surface area contributed by atoms with Gasteiger partial charge in [-0.05, 0) is 62.4 Å². The van der Waals surface area contributed by atoms with Crippen molar-refractivity contribution in [3.05, 3.63) is 72.8 Å². The van der Waals surface area contributed by atoms with Gasteiger partial charge in [0.2, 0.25) is 0 Å². The molecule has 0 amide bonds. The van der Waals surface area contributed by atoms with E-state index >= 15 is 0 Å². The Labute approximate surface area is 222 Å². The fourth-order valence-corrected chi connectivity index (χ4v) is 2.93. The first kappa shape index (κ1) is 30.4. The summed E-state index contributed by atoms with van der Waals surface area (Å²) in [6, 6.07) is 19.9. The predicted molar refractivity (Wildman–Crippen MR) is 126 cm³/mol. The molecule has 0 unspecified atom stereocenters. The van der Waals surface area contributed by atoms with Crippen molar-refractivity contribution in [1.82, 2.24) is 9.97 Å². The second kappa shape index (κ2) is 14.1. The molecule has 2 aromatic carbocycles. The van der Waals surface area contributed by atoms with Crippen molar-refractivity contribution < 1.29 is 57.3 Å². The molecule has 0 saturated carbocycles. The Morgan fingerprint density at radius 1 is 0.568 bits per heavy atom. The Morgan fingerprint density at radius 2 is 0.838 bits per heavy atom. The fourth-order valence-electron chi connectivity index (χ4n) is 2.93. The first-order valence-electron chi connectivity index (χ1n) is 10.3. The van der Waals surface area contributed by atoms with Crippen molar-refractivity contribution >= 4 is 11.9 Å². The van der Waals surface area contributed by atoms with Gasteiger partial charge in [-0.2, -0.15) is 0 Å². The van der Waals surface area contributed by atoms with Crippen molar-refractivity contribution in [2.75, 3.05) is 0 Å². The third-order valence-corrected chi connectivity index (χ3v) is 4.34. The zero-order chi connectivity index (χ0) is 26.8. The minimum atomic E-state index is -1.08. The molecule has 0 spiro atoms. The number of aromatic hydroxyl groups is 4. The van der Waals surface area contributed by atoms with Crippen LogP contribution in [-0.4, -0.2) is 42.3 Å². The van der Waals surface area contributed by atoms with Gasteiger partial charge in [-0.15, -0.1) is 0 Å². The smallest absolute Gasteiger partial charge is 0.550 e. The molecular formula is C26H22MnN2O8. The van der Waals surface area contributed by atoms with Crippen molar-refractivity contribution in [3.63, 3.8) is 0 Å². The summed E-state index contributed by atoms with van der Waals surface area (Å²) in [6.07, 6.45) is 0. The van der Waals surface area contributed by atoms with Crippen LogP contribution < -0.4 is 10.2 Å². The van der Waals surface area contributed by atoms with Crippen LogP contribution in [0.15, 0.2) is 72.8 Å². The molecule has 0 saturated heterocycles. The molecule has 0 fully saturated rings. The van der Waals surface area contributed by atoms with Crippen LogP contribution in [0, 0.1) is 0 Å². The minimum absolute atomic E-state index is 0. The van der Waals surface area contributed by atoms with Gasteiger partial charge in [0.25, 0.3) is 0 Å². The number of carbonyl (C=O) groups excluding carboxylic acids is 2. The van der Waals surface area contributed by atoms with Gasteiger partial charge < -0.3 is 40.2 Å². The van der Waals surface area contributed by atoms with E-state index in [4.69, 9.17) is 19.8 Å². The molecule has 2 aromatic heterocycles. The van der Waals surface area contributed by atoms with Crippen molar-refractivity contribution in [2.24, 2.45) is 0 Å². The third kappa shape index (κ3) is 8.84. The van der Waals surface area contributed by atoms with Gasteiger partial charge in [0, 0.05) is 23.1 Å². The molecule has 0 bridgehead atoms. The number of carboxylic acid groups (broad SMARTS) is 2. The van der Waals surface area contributed by atoms with E-state index < -0.39 is 11.9 Å². The summed E-state index contributed by atoms with van der Waals surface area (Å²) in [4.78, 5) is 26.9. The number of para-hydroxylation sites is 2. The second-order valence-electron chi connectivity index (χ2n) is 7.15. The number of phenolic OH excluding ortho intramolecular Hbond substituents is 4. The van der Waals surface area contributed by atoms with Crippen molar-refractivity contribution in [1.29, 1.82) is 0 Å². The predicted octanol–water partition coefficient (Wildman–Crippen LogP) is 1.81. The van der Waals surface area contributed by atoms with Crippen LogP contribution in [0.1, 0.15) is 13.8 Å². The van der Waals surface area contributed by atoms with Gasteiger partial charge in [0.15, 0.2) is 23.0 Å². The molecule has 2 heterocycles. The molecule has 37 heavy (non-hydrogen) atoms. The number of pyridine rings is 2. The average Bonchev–Trinajstić information content (AvgIpc) is 2.82. The van der Waals surface area contributed by atoms with Crippen LogP contribution in [0.2, 0.25) is 0 Å². The number of carbonyl (C=O) groups is 2. The Morgan fingerprint density at radius 3 is 1.16 bits per heavy atom. The number of phenols is 4. The number of hydrogen-bond acceptors (Lipinski definition) is 10. The Balaban J connectivity index is 0.000000671. The summed E-state index contributed by atoms with van der Waals surface area (Å²) in [5, 5.41) is 57.4. The largest absolute Gasteiger partial charge is 2.00 e. The average molecular weight is 545 g/mol. The van der Waals surface area contributed by atoms with E-state index in [0.29, 0.717) is 33.9 Å². The summed E-state index contributed by atoms with van der Waals surface area (Å²) >= 11 is 0. The van der Waals surface area contributed by atoms with Crippen LogP contribution in [-0.2, 0) is 26.7 Å². The number of aromatic nitrogens is 2. The van der Waals surface area contributed by atoms with Crippen molar-refractivity contribution in [3.8, 4) is 56.9 Å². The van der Waals surface area contributed by atoms with E-state index in [2.05, 4.69) is 9.97 Å². The zero-order valence-corrected chi connectivity index (χ0v) is 20.8. The molecule has 4 aromatic rings. The molecule has 0 aliphatic rings. The summed E-state index contributed by atoms with van der Waals surface area (Å²) < 4.78 is 0. The molecule has 0 aliphatic carbocycles. The number of nitrogens with zero attached hydrogens (tertiary/aromatic N) is 2. The van der Waals surface area contributed by atoms with E-state index in [-0.39, 0.29) is 40.1 Å². The summed E-state index contributed by atoms with van der Waals surface area (Å²) in [5.41, 5.74) is 2.90. The minimum Gasteiger partial charge on any atom is -0.550 e. The van der Waals surface area contributed by atoms with E-state index in [0.717, 1.165) is 13.8 Å². The van der Waals surface area contributed by atoms with Crippen LogP contribution >= 0.6 is 0 Å². The zero-order valence-electron chi connectivity index (χ0n) is 19.6. The first-order valence-corrected chi connectivity index (χ1v) is 10.3. The maximum atomic E-state index is 10.1.